The first-order chi connectivity index (χ1) is 17.9. The van der Waals surface area contributed by atoms with E-state index in [1.807, 2.05) is 0 Å². The fourth-order valence-corrected chi connectivity index (χ4v) is 5.08. The maximum atomic E-state index is 12.8. The van der Waals surface area contributed by atoms with Gasteiger partial charge in [-0.05, 0) is 61.5 Å². The number of benzene rings is 1. The minimum atomic E-state index is -3.87. The van der Waals surface area contributed by atoms with Gasteiger partial charge in [-0.1, -0.05) is 11.8 Å². The van der Waals surface area contributed by atoms with Gasteiger partial charge in [-0.15, -0.1) is 0 Å². The van der Waals surface area contributed by atoms with Crippen LogP contribution >= 0.6 is 11.8 Å². The van der Waals surface area contributed by atoms with Crippen LogP contribution in [0.1, 0.15) is 6.92 Å². The van der Waals surface area contributed by atoms with E-state index in [4.69, 9.17) is 8.83 Å². The number of aromatic amines is 1. The van der Waals surface area contributed by atoms with E-state index in [9.17, 15) is 13.2 Å². The Labute approximate surface area is 215 Å². The van der Waals surface area contributed by atoms with Crippen LogP contribution in [0.4, 0.5) is 11.6 Å². The Hall–Kier alpha value is -4.36. The molecule has 4 heterocycles. The number of carbonyl (C=O) groups excluding carboxylic acids is 1. The third-order valence-corrected chi connectivity index (χ3v) is 7.41. The number of amides is 1. The Morgan fingerprint density at radius 1 is 0.973 bits per heavy atom. The summed E-state index contributed by atoms with van der Waals surface area (Å²) in [4.78, 5) is 28.4. The van der Waals surface area contributed by atoms with Crippen molar-refractivity contribution in [3.8, 4) is 22.9 Å². The first kappa shape index (κ1) is 24.3. The number of thioether (sulfide) groups is 1. The number of nitrogens with zero attached hydrogens (tertiary/aromatic N) is 3. The van der Waals surface area contributed by atoms with Crippen LogP contribution in [0.5, 0.6) is 0 Å². The quantitative estimate of drug-likeness (QED) is 0.228. The summed E-state index contributed by atoms with van der Waals surface area (Å²) >= 11 is 1.23. The summed E-state index contributed by atoms with van der Waals surface area (Å²) < 4.78 is 38.4. The summed E-state index contributed by atoms with van der Waals surface area (Å²) in [7, 11) is -3.87. The summed E-state index contributed by atoms with van der Waals surface area (Å²) in [6.45, 7) is 1.74. The molecule has 0 saturated heterocycles. The highest BCUT2D eigenvalue weighted by atomic mass is 32.2. The maximum absolute atomic E-state index is 12.8. The lowest BCUT2D eigenvalue weighted by atomic mass is 10.2. The molecule has 0 aliphatic rings. The fourth-order valence-electron chi connectivity index (χ4n) is 3.31. The first-order valence-electron chi connectivity index (χ1n) is 10.9. The Morgan fingerprint density at radius 2 is 1.65 bits per heavy atom. The number of nitrogens with one attached hydrogen (secondary N) is 3. The molecule has 5 aromatic rings. The van der Waals surface area contributed by atoms with Crippen LogP contribution in [-0.2, 0) is 14.8 Å². The van der Waals surface area contributed by atoms with Crippen molar-refractivity contribution in [2.45, 2.75) is 22.2 Å². The molecule has 1 amide bonds. The topological polar surface area (TPSA) is 156 Å². The number of aromatic nitrogens is 4. The molecule has 0 radical (unpaired) electrons. The monoisotopic (exact) mass is 536 g/mol. The number of rotatable bonds is 9. The van der Waals surface area contributed by atoms with Gasteiger partial charge in [0, 0.05) is 18.1 Å². The third-order valence-electron chi connectivity index (χ3n) is 5.09. The van der Waals surface area contributed by atoms with Crippen LogP contribution in [0.15, 0.2) is 98.4 Å². The lowest BCUT2D eigenvalue weighted by Gasteiger charge is -2.11. The summed E-state index contributed by atoms with van der Waals surface area (Å²) in [5.74, 6) is 0.835. The van der Waals surface area contributed by atoms with Gasteiger partial charge in [0.25, 0.3) is 10.0 Å². The van der Waals surface area contributed by atoms with Crippen molar-refractivity contribution in [1.29, 1.82) is 0 Å². The molecule has 0 spiro atoms. The molecule has 0 aliphatic carbocycles. The number of furan rings is 2. The van der Waals surface area contributed by atoms with Crippen LogP contribution in [0.2, 0.25) is 0 Å². The summed E-state index contributed by atoms with van der Waals surface area (Å²) in [6.07, 6.45) is 5.98. The van der Waals surface area contributed by atoms with Gasteiger partial charge in [0.05, 0.1) is 22.7 Å². The van der Waals surface area contributed by atoms with E-state index in [1.54, 1.807) is 49.8 Å². The number of anilines is 2. The largest absolute Gasteiger partial charge is 0.463 e. The zero-order valence-corrected chi connectivity index (χ0v) is 20.9. The molecule has 0 bridgehead atoms. The van der Waals surface area contributed by atoms with Crippen LogP contribution < -0.4 is 10.0 Å². The molecule has 0 saturated carbocycles. The lowest BCUT2D eigenvalue weighted by molar-refractivity contribution is -0.115. The predicted octanol–water partition coefficient (Wildman–Crippen LogP) is 4.64. The summed E-state index contributed by atoms with van der Waals surface area (Å²) in [6, 6.07) is 14.5. The molecule has 13 heteroatoms. The Kier molecular flexibility index (Phi) is 6.79. The van der Waals surface area contributed by atoms with Gasteiger partial charge in [0.2, 0.25) is 11.9 Å². The number of H-pyrrole nitrogens is 1. The standard InChI is InChI=1S/C24H20N6O5S2/c1-15(36-24-28-20(18-5-2-13-34-18)21(29-24)19-6-3-14-35-19)22(31)27-16-7-9-17(10-8-16)37(32,33)30-23-25-11-4-12-26-23/h2-15H,1H3,(H,27,31)(H,28,29)(H,25,26,30). The molecule has 11 nitrogen and oxygen atoms in total. The van der Waals surface area contributed by atoms with E-state index in [0.717, 1.165) is 0 Å². The Balaban J connectivity index is 1.26. The summed E-state index contributed by atoms with van der Waals surface area (Å²) in [5, 5.41) is 2.77. The van der Waals surface area contributed by atoms with Gasteiger partial charge < -0.3 is 19.1 Å². The molecule has 1 unspecified atom stereocenters. The molecule has 188 valence electrons. The average Bonchev–Trinajstić information content (AvgIpc) is 3.66. The molecule has 4 aromatic heterocycles. The highest BCUT2D eigenvalue weighted by Crippen LogP contribution is 2.34. The summed E-state index contributed by atoms with van der Waals surface area (Å²) in [5.41, 5.74) is 1.65. The van der Waals surface area contributed by atoms with Gasteiger partial charge >= 0.3 is 0 Å². The van der Waals surface area contributed by atoms with Crippen molar-refractivity contribution in [3.63, 3.8) is 0 Å². The molecular weight excluding hydrogens is 516 g/mol. The SMILES string of the molecule is CC(Sc1nc(-c2ccco2)c(-c2ccco2)[nH]1)C(=O)Nc1ccc(S(=O)(=O)Nc2ncccn2)cc1. The Bertz CT molecular complexity index is 1530. The van der Waals surface area contributed by atoms with E-state index in [1.165, 1.54) is 48.4 Å². The van der Waals surface area contributed by atoms with Crippen molar-refractivity contribution in [3.05, 3.63) is 79.5 Å². The normalized spacial score (nSPS) is 12.2. The van der Waals surface area contributed by atoms with Gasteiger partial charge in [-0.25, -0.2) is 28.1 Å². The van der Waals surface area contributed by atoms with E-state index in [0.29, 0.717) is 33.8 Å². The Morgan fingerprint density at radius 3 is 2.30 bits per heavy atom. The zero-order valence-electron chi connectivity index (χ0n) is 19.3. The van der Waals surface area contributed by atoms with Crippen LogP contribution in [-0.4, -0.2) is 39.5 Å². The van der Waals surface area contributed by atoms with Crippen molar-refractivity contribution in [2.24, 2.45) is 0 Å². The first-order valence-corrected chi connectivity index (χ1v) is 13.3. The highest BCUT2D eigenvalue weighted by Gasteiger charge is 2.22. The van der Waals surface area contributed by atoms with E-state index < -0.39 is 15.3 Å². The maximum Gasteiger partial charge on any atom is 0.264 e. The minimum Gasteiger partial charge on any atom is -0.463 e. The molecule has 5 rings (SSSR count). The van der Waals surface area contributed by atoms with Gasteiger partial charge in [0.1, 0.15) is 11.4 Å². The number of sulfonamides is 1. The molecule has 3 N–H and O–H groups in total. The number of carbonyl (C=O) groups is 1. The van der Waals surface area contributed by atoms with Crippen molar-refractivity contribution in [1.82, 2.24) is 19.9 Å². The second-order valence-electron chi connectivity index (χ2n) is 7.67. The van der Waals surface area contributed by atoms with Crippen LogP contribution in [0, 0.1) is 0 Å². The molecule has 1 aromatic carbocycles. The fraction of sp³-hybridized carbons (Fsp3) is 0.0833. The molecular formula is C24H20N6O5S2. The second kappa shape index (κ2) is 10.3. The molecule has 0 fully saturated rings. The highest BCUT2D eigenvalue weighted by molar-refractivity contribution is 8.00. The van der Waals surface area contributed by atoms with E-state index in [-0.39, 0.29) is 16.8 Å². The van der Waals surface area contributed by atoms with Crippen LogP contribution in [0.3, 0.4) is 0 Å². The van der Waals surface area contributed by atoms with E-state index >= 15 is 0 Å². The number of imidazole rings is 1. The smallest absolute Gasteiger partial charge is 0.264 e. The molecule has 0 aliphatic heterocycles. The van der Waals surface area contributed by atoms with Crippen LogP contribution in [0.25, 0.3) is 22.9 Å². The predicted molar refractivity (Wildman–Crippen MR) is 137 cm³/mol. The molecule has 37 heavy (non-hydrogen) atoms. The van der Waals surface area contributed by atoms with Gasteiger partial charge in [-0.2, -0.15) is 0 Å². The minimum absolute atomic E-state index is 0.00636. The average molecular weight is 537 g/mol. The lowest BCUT2D eigenvalue weighted by Crippen LogP contribution is -2.22. The van der Waals surface area contributed by atoms with E-state index in [2.05, 4.69) is 30.0 Å². The third kappa shape index (κ3) is 5.57. The van der Waals surface area contributed by atoms with Gasteiger partial charge in [0.15, 0.2) is 16.7 Å². The second-order valence-corrected chi connectivity index (χ2v) is 10.7. The number of hydrogen-bond donors (Lipinski definition) is 3. The van der Waals surface area contributed by atoms with Gasteiger partial charge in [-0.3, -0.25) is 4.79 Å². The number of hydrogen-bond acceptors (Lipinski definition) is 9. The zero-order chi connectivity index (χ0) is 25.8. The van der Waals surface area contributed by atoms with Crippen molar-refractivity contribution in [2.75, 3.05) is 10.0 Å². The van der Waals surface area contributed by atoms with Crippen molar-refractivity contribution < 1.29 is 22.0 Å². The van der Waals surface area contributed by atoms with Crippen molar-refractivity contribution >= 4 is 39.3 Å². The molecule has 1 atom stereocenters.